The molecule has 0 aromatic rings. The SMILES string of the molecule is CCC(C)NC(=O)CN(C)CCC(N)C(C)C. The molecule has 0 spiro atoms. The first kappa shape index (κ1) is 16.4. The molecule has 102 valence electrons. The Labute approximate surface area is 106 Å². The molecule has 2 unspecified atom stereocenters. The van der Waals surface area contributed by atoms with E-state index in [0.717, 1.165) is 19.4 Å². The molecule has 0 aliphatic rings. The van der Waals surface area contributed by atoms with Crippen LogP contribution in [0.5, 0.6) is 0 Å². The van der Waals surface area contributed by atoms with Gasteiger partial charge in [-0.15, -0.1) is 0 Å². The van der Waals surface area contributed by atoms with E-state index in [4.69, 9.17) is 5.73 Å². The highest BCUT2D eigenvalue weighted by atomic mass is 16.2. The fourth-order valence-electron chi connectivity index (χ4n) is 1.45. The second-order valence-corrected chi connectivity index (χ2v) is 5.31. The maximum atomic E-state index is 11.6. The summed E-state index contributed by atoms with van der Waals surface area (Å²) in [4.78, 5) is 13.6. The molecule has 1 amide bonds. The molecule has 0 saturated heterocycles. The highest BCUT2D eigenvalue weighted by Crippen LogP contribution is 2.03. The van der Waals surface area contributed by atoms with Gasteiger partial charge in [-0.2, -0.15) is 0 Å². The zero-order valence-electron chi connectivity index (χ0n) is 12.0. The van der Waals surface area contributed by atoms with Crippen LogP contribution in [0.25, 0.3) is 0 Å². The van der Waals surface area contributed by atoms with Gasteiger partial charge >= 0.3 is 0 Å². The maximum absolute atomic E-state index is 11.6. The van der Waals surface area contributed by atoms with Crippen LogP contribution in [-0.4, -0.2) is 43.0 Å². The zero-order valence-corrected chi connectivity index (χ0v) is 12.0. The minimum atomic E-state index is 0.0972. The average molecular weight is 243 g/mol. The third kappa shape index (κ3) is 8.16. The summed E-state index contributed by atoms with van der Waals surface area (Å²) in [6, 6.07) is 0.476. The van der Waals surface area contributed by atoms with Gasteiger partial charge in [-0.25, -0.2) is 0 Å². The molecular formula is C13H29N3O. The first-order valence-electron chi connectivity index (χ1n) is 6.60. The van der Waals surface area contributed by atoms with E-state index in [1.807, 2.05) is 18.9 Å². The Hall–Kier alpha value is -0.610. The summed E-state index contributed by atoms with van der Waals surface area (Å²) in [5, 5.41) is 2.96. The van der Waals surface area contributed by atoms with Gasteiger partial charge in [-0.05, 0) is 39.3 Å². The predicted molar refractivity (Wildman–Crippen MR) is 72.8 cm³/mol. The normalized spacial score (nSPS) is 15.1. The molecule has 4 heteroatoms. The zero-order chi connectivity index (χ0) is 13.4. The van der Waals surface area contributed by atoms with Crippen molar-refractivity contribution in [3.8, 4) is 0 Å². The van der Waals surface area contributed by atoms with Crippen LogP contribution < -0.4 is 11.1 Å². The van der Waals surface area contributed by atoms with Gasteiger partial charge in [-0.3, -0.25) is 9.69 Å². The number of hydrogen-bond acceptors (Lipinski definition) is 3. The van der Waals surface area contributed by atoms with E-state index in [2.05, 4.69) is 26.1 Å². The molecule has 0 aliphatic carbocycles. The van der Waals surface area contributed by atoms with Crippen LogP contribution in [0.4, 0.5) is 0 Å². The molecule has 0 radical (unpaired) electrons. The van der Waals surface area contributed by atoms with Gasteiger partial charge in [0.05, 0.1) is 6.54 Å². The third-order valence-electron chi connectivity index (χ3n) is 3.13. The molecule has 3 N–H and O–H groups in total. The van der Waals surface area contributed by atoms with Gasteiger partial charge in [0.2, 0.25) is 5.91 Å². The van der Waals surface area contributed by atoms with Gasteiger partial charge in [0.1, 0.15) is 0 Å². The lowest BCUT2D eigenvalue weighted by Crippen LogP contribution is -2.41. The number of amides is 1. The van der Waals surface area contributed by atoms with E-state index >= 15 is 0 Å². The summed E-state index contributed by atoms with van der Waals surface area (Å²) in [7, 11) is 1.96. The summed E-state index contributed by atoms with van der Waals surface area (Å²) in [5.74, 6) is 0.595. The average Bonchev–Trinajstić information content (AvgIpc) is 2.25. The van der Waals surface area contributed by atoms with E-state index < -0.39 is 0 Å². The quantitative estimate of drug-likeness (QED) is 0.673. The molecule has 0 bridgehead atoms. The van der Waals surface area contributed by atoms with Crippen molar-refractivity contribution in [3.05, 3.63) is 0 Å². The Kier molecular flexibility index (Phi) is 8.17. The van der Waals surface area contributed by atoms with E-state index in [1.54, 1.807) is 0 Å². The Morgan fingerprint density at radius 3 is 2.41 bits per heavy atom. The molecule has 0 rings (SSSR count). The second-order valence-electron chi connectivity index (χ2n) is 5.31. The number of carbonyl (C=O) groups excluding carboxylic acids is 1. The van der Waals surface area contributed by atoms with Crippen LogP contribution in [0.3, 0.4) is 0 Å². The first-order chi connectivity index (χ1) is 7.86. The highest BCUT2D eigenvalue weighted by Gasteiger charge is 2.11. The van der Waals surface area contributed by atoms with Crippen molar-refractivity contribution in [2.24, 2.45) is 11.7 Å². The monoisotopic (exact) mass is 243 g/mol. The molecule has 0 aromatic heterocycles. The largest absolute Gasteiger partial charge is 0.353 e. The molecule has 17 heavy (non-hydrogen) atoms. The fraction of sp³-hybridized carbons (Fsp3) is 0.923. The van der Waals surface area contributed by atoms with E-state index in [1.165, 1.54) is 0 Å². The number of nitrogens with zero attached hydrogens (tertiary/aromatic N) is 1. The van der Waals surface area contributed by atoms with E-state index in [-0.39, 0.29) is 18.0 Å². The van der Waals surface area contributed by atoms with Crippen LogP contribution in [0, 0.1) is 5.92 Å². The summed E-state index contributed by atoms with van der Waals surface area (Å²) in [6.07, 6.45) is 1.90. The molecule has 0 saturated carbocycles. The Bertz CT molecular complexity index is 219. The van der Waals surface area contributed by atoms with Gasteiger partial charge in [0, 0.05) is 12.1 Å². The standard InChI is InChI=1S/C13H29N3O/c1-6-11(4)15-13(17)9-16(5)8-7-12(14)10(2)3/h10-12H,6-9,14H2,1-5H3,(H,15,17). The number of likely N-dealkylation sites (N-methyl/N-ethyl adjacent to an activating group) is 1. The number of hydrogen-bond donors (Lipinski definition) is 2. The second kappa shape index (κ2) is 8.48. The third-order valence-corrected chi connectivity index (χ3v) is 3.13. The first-order valence-corrected chi connectivity index (χ1v) is 6.60. The van der Waals surface area contributed by atoms with Crippen molar-refractivity contribution in [2.45, 2.75) is 52.6 Å². The minimum Gasteiger partial charge on any atom is -0.353 e. The predicted octanol–water partition coefficient (Wildman–Crippen LogP) is 1.21. The van der Waals surface area contributed by atoms with Crippen molar-refractivity contribution in [3.63, 3.8) is 0 Å². The molecule has 4 nitrogen and oxygen atoms in total. The summed E-state index contributed by atoms with van der Waals surface area (Å²) < 4.78 is 0. The van der Waals surface area contributed by atoms with Gasteiger partial charge < -0.3 is 11.1 Å². The Morgan fingerprint density at radius 1 is 1.35 bits per heavy atom. The molecule has 0 aliphatic heterocycles. The number of carbonyl (C=O) groups is 1. The highest BCUT2D eigenvalue weighted by molar-refractivity contribution is 5.78. The summed E-state index contributed by atoms with van der Waals surface area (Å²) in [5.41, 5.74) is 5.97. The molecule has 0 fully saturated rings. The topological polar surface area (TPSA) is 58.4 Å². The van der Waals surface area contributed by atoms with Crippen molar-refractivity contribution < 1.29 is 4.79 Å². The van der Waals surface area contributed by atoms with Crippen LogP contribution in [0.15, 0.2) is 0 Å². The van der Waals surface area contributed by atoms with Crippen molar-refractivity contribution >= 4 is 5.91 Å². The van der Waals surface area contributed by atoms with Crippen LogP contribution in [0.2, 0.25) is 0 Å². The van der Waals surface area contributed by atoms with Crippen molar-refractivity contribution in [1.82, 2.24) is 10.2 Å². The Morgan fingerprint density at radius 2 is 1.94 bits per heavy atom. The number of nitrogens with one attached hydrogen (secondary N) is 1. The van der Waals surface area contributed by atoms with E-state index in [9.17, 15) is 4.79 Å². The van der Waals surface area contributed by atoms with Crippen molar-refractivity contribution in [1.29, 1.82) is 0 Å². The number of nitrogens with two attached hydrogens (primary N) is 1. The van der Waals surface area contributed by atoms with Crippen LogP contribution in [-0.2, 0) is 4.79 Å². The molecule has 0 heterocycles. The summed E-state index contributed by atoms with van der Waals surface area (Å²) in [6.45, 7) is 9.66. The fourth-order valence-corrected chi connectivity index (χ4v) is 1.45. The van der Waals surface area contributed by atoms with Gasteiger partial charge in [0.15, 0.2) is 0 Å². The Balaban J connectivity index is 3.78. The van der Waals surface area contributed by atoms with E-state index in [0.29, 0.717) is 12.5 Å². The van der Waals surface area contributed by atoms with Crippen LogP contribution >= 0.6 is 0 Å². The lowest BCUT2D eigenvalue weighted by atomic mass is 10.0. The molecule has 0 aromatic carbocycles. The molecule has 2 atom stereocenters. The number of rotatable bonds is 8. The lowest BCUT2D eigenvalue weighted by Gasteiger charge is -2.21. The van der Waals surface area contributed by atoms with Crippen LogP contribution in [0.1, 0.15) is 40.5 Å². The van der Waals surface area contributed by atoms with Gasteiger partial charge in [0.25, 0.3) is 0 Å². The minimum absolute atomic E-state index is 0.0972. The molecular weight excluding hydrogens is 214 g/mol. The van der Waals surface area contributed by atoms with Gasteiger partial charge in [-0.1, -0.05) is 20.8 Å². The van der Waals surface area contributed by atoms with Crippen molar-refractivity contribution in [2.75, 3.05) is 20.1 Å². The smallest absolute Gasteiger partial charge is 0.234 e. The summed E-state index contributed by atoms with van der Waals surface area (Å²) >= 11 is 0. The lowest BCUT2D eigenvalue weighted by molar-refractivity contribution is -0.122. The maximum Gasteiger partial charge on any atom is 0.234 e.